The van der Waals surface area contributed by atoms with Crippen LogP contribution in [0.4, 0.5) is 0 Å². The second kappa shape index (κ2) is 5.72. The zero-order valence-corrected chi connectivity index (χ0v) is 11.4. The minimum atomic E-state index is -0.667. The van der Waals surface area contributed by atoms with Gasteiger partial charge in [0.1, 0.15) is 0 Å². The van der Waals surface area contributed by atoms with Crippen LogP contribution < -0.4 is 5.73 Å². The van der Waals surface area contributed by atoms with E-state index >= 15 is 0 Å². The average molecular weight is 262 g/mol. The minimum Gasteiger partial charge on any atom is -0.386 e. The third kappa shape index (κ3) is 3.14. The summed E-state index contributed by atoms with van der Waals surface area (Å²) in [4.78, 5) is 14.0. The van der Waals surface area contributed by atoms with Gasteiger partial charge in [0.2, 0.25) is 0 Å². The van der Waals surface area contributed by atoms with Crippen LogP contribution in [0.15, 0.2) is 24.3 Å². The summed E-state index contributed by atoms with van der Waals surface area (Å²) in [5.74, 6) is -0.000325. The third-order valence-corrected chi connectivity index (χ3v) is 3.58. The highest BCUT2D eigenvalue weighted by atomic mass is 16.3. The largest absolute Gasteiger partial charge is 0.386 e. The molecule has 0 bridgehead atoms. The second-order valence-corrected chi connectivity index (χ2v) is 5.37. The van der Waals surface area contributed by atoms with Crippen molar-refractivity contribution in [3.05, 3.63) is 35.4 Å². The molecule has 0 atom stereocenters. The van der Waals surface area contributed by atoms with Gasteiger partial charge >= 0.3 is 0 Å². The Balaban J connectivity index is 2.00. The van der Waals surface area contributed by atoms with Crippen LogP contribution in [0.2, 0.25) is 0 Å². The van der Waals surface area contributed by atoms with Crippen LogP contribution in [0.25, 0.3) is 0 Å². The zero-order valence-electron chi connectivity index (χ0n) is 11.4. The molecule has 0 aromatic heterocycles. The minimum absolute atomic E-state index is 0.000325. The number of β-amino-alcohol motifs (C(OH)–C–C–N with tert-alkyl or cyclic N) is 1. The lowest BCUT2D eigenvalue weighted by molar-refractivity contribution is -0.0860. The Hall–Kier alpha value is -1.39. The predicted octanol–water partition coefficient (Wildman–Crippen LogP) is 1.17. The van der Waals surface area contributed by atoms with Crippen molar-refractivity contribution >= 4 is 5.91 Å². The molecule has 1 amide bonds. The van der Waals surface area contributed by atoms with Gasteiger partial charge in [-0.15, -0.1) is 0 Å². The van der Waals surface area contributed by atoms with E-state index in [0.29, 0.717) is 25.2 Å². The van der Waals surface area contributed by atoms with E-state index in [-0.39, 0.29) is 5.91 Å². The number of aliphatic hydroxyl groups is 1. The van der Waals surface area contributed by atoms with Gasteiger partial charge in [-0.05, 0) is 37.1 Å². The van der Waals surface area contributed by atoms with Crippen LogP contribution in [0, 0.1) is 0 Å². The Bertz CT molecular complexity index is 453. The first-order chi connectivity index (χ1) is 9.08. The van der Waals surface area contributed by atoms with Crippen LogP contribution in [-0.4, -0.2) is 41.1 Å². The van der Waals surface area contributed by atoms with Gasteiger partial charge in [0, 0.05) is 5.56 Å². The first-order valence-electron chi connectivity index (χ1n) is 6.88. The standard InChI is InChI=1S/C15H22N2O2/c1-2-7-15(19)10-17(11-15)14(18)13-5-3-4-12(9-13)6-8-16/h3-5,9,19H,2,6-8,10-11,16H2,1H3. The van der Waals surface area contributed by atoms with E-state index in [0.717, 1.165) is 24.8 Å². The highest BCUT2D eigenvalue weighted by molar-refractivity contribution is 5.95. The molecular weight excluding hydrogens is 240 g/mol. The fourth-order valence-electron chi connectivity index (χ4n) is 2.64. The molecule has 104 valence electrons. The van der Waals surface area contributed by atoms with Gasteiger partial charge in [-0.3, -0.25) is 4.79 Å². The van der Waals surface area contributed by atoms with Crippen LogP contribution in [-0.2, 0) is 6.42 Å². The average Bonchev–Trinajstić information content (AvgIpc) is 2.36. The van der Waals surface area contributed by atoms with Crippen molar-refractivity contribution in [3.8, 4) is 0 Å². The lowest BCUT2D eigenvalue weighted by atomic mass is 9.88. The molecule has 4 nitrogen and oxygen atoms in total. The molecule has 1 aliphatic rings. The van der Waals surface area contributed by atoms with Crippen molar-refractivity contribution in [3.63, 3.8) is 0 Å². The Morgan fingerprint density at radius 2 is 2.21 bits per heavy atom. The topological polar surface area (TPSA) is 66.6 Å². The van der Waals surface area contributed by atoms with Gasteiger partial charge in [-0.2, -0.15) is 0 Å². The SMILES string of the molecule is CCCC1(O)CN(C(=O)c2cccc(CCN)c2)C1. The molecular formula is C15H22N2O2. The van der Waals surface area contributed by atoms with E-state index < -0.39 is 5.60 Å². The number of amides is 1. The number of nitrogens with zero attached hydrogens (tertiary/aromatic N) is 1. The first kappa shape index (κ1) is 14.0. The maximum atomic E-state index is 12.3. The molecule has 3 N–H and O–H groups in total. The molecule has 0 spiro atoms. The van der Waals surface area contributed by atoms with Crippen molar-refractivity contribution in [1.82, 2.24) is 4.90 Å². The summed E-state index contributed by atoms with van der Waals surface area (Å²) in [6, 6.07) is 7.58. The summed E-state index contributed by atoms with van der Waals surface area (Å²) in [6.07, 6.45) is 2.47. The Morgan fingerprint density at radius 1 is 1.47 bits per heavy atom. The van der Waals surface area contributed by atoms with Gasteiger partial charge in [0.05, 0.1) is 18.7 Å². The van der Waals surface area contributed by atoms with E-state index in [9.17, 15) is 9.90 Å². The normalized spacial score (nSPS) is 17.1. The smallest absolute Gasteiger partial charge is 0.254 e. The van der Waals surface area contributed by atoms with Crippen LogP contribution in [0.5, 0.6) is 0 Å². The summed E-state index contributed by atoms with van der Waals surface area (Å²) in [6.45, 7) is 3.51. The number of benzene rings is 1. The first-order valence-corrected chi connectivity index (χ1v) is 6.88. The predicted molar refractivity (Wildman–Crippen MR) is 75.0 cm³/mol. The molecule has 0 aliphatic carbocycles. The summed E-state index contributed by atoms with van der Waals surface area (Å²) in [5, 5.41) is 10.1. The van der Waals surface area contributed by atoms with Gasteiger partial charge in [-0.25, -0.2) is 0 Å². The Kier molecular flexibility index (Phi) is 4.22. The fourth-order valence-corrected chi connectivity index (χ4v) is 2.64. The number of carbonyl (C=O) groups excluding carboxylic acids is 1. The Morgan fingerprint density at radius 3 is 2.84 bits per heavy atom. The van der Waals surface area contributed by atoms with E-state index in [2.05, 4.69) is 0 Å². The molecule has 1 aromatic rings. The molecule has 1 aromatic carbocycles. The number of likely N-dealkylation sites (tertiary alicyclic amines) is 1. The quantitative estimate of drug-likeness (QED) is 0.837. The molecule has 4 heteroatoms. The number of hydrogen-bond acceptors (Lipinski definition) is 3. The van der Waals surface area contributed by atoms with Crippen LogP contribution >= 0.6 is 0 Å². The second-order valence-electron chi connectivity index (χ2n) is 5.37. The van der Waals surface area contributed by atoms with Crippen molar-refractivity contribution < 1.29 is 9.90 Å². The number of nitrogens with two attached hydrogens (primary N) is 1. The number of hydrogen-bond donors (Lipinski definition) is 2. The van der Waals surface area contributed by atoms with Gasteiger partial charge in [0.15, 0.2) is 0 Å². The molecule has 1 fully saturated rings. The molecule has 1 aliphatic heterocycles. The van der Waals surface area contributed by atoms with Gasteiger partial charge < -0.3 is 15.7 Å². The number of carbonyl (C=O) groups is 1. The summed E-state index contributed by atoms with van der Waals surface area (Å²) >= 11 is 0. The van der Waals surface area contributed by atoms with Gasteiger partial charge in [-0.1, -0.05) is 25.5 Å². The van der Waals surface area contributed by atoms with Crippen LogP contribution in [0.1, 0.15) is 35.7 Å². The highest BCUT2D eigenvalue weighted by Gasteiger charge is 2.42. The lowest BCUT2D eigenvalue weighted by Gasteiger charge is -2.46. The van der Waals surface area contributed by atoms with E-state index in [1.54, 1.807) is 4.90 Å². The fraction of sp³-hybridized carbons (Fsp3) is 0.533. The van der Waals surface area contributed by atoms with Crippen molar-refractivity contribution in [1.29, 1.82) is 0 Å². The van der Waals surface area contributed by atoms with E-state index in [4.69, 9.17) is 5.73 Å². The molecule has 1 heterocycles. The maximum absolute atomic E-state index is 12.3. The highest BCUT2D eigenvalue weighted by Crippen LogP contribution is 2.27. The molecule has 0 unspecified atom stereocenters. The molecule has 0 saturated carbocycles. The maximum Gasteiger partial charge on any atom is 0.254 e. The molecule has 2 rings (SSSR count). The van der Waals surface area contributed by atoms with Crippen LogP contribution in [0.3, 0.4) is 0 Å². The van der Waals surface area contributed by atoms with E-state index in [1.807, 2.05) is 31.2 Å². The zero-order chi connectivity index (χ0) is 13.9. The third-order valence-electron chi connectivity index (χ3n) is 3.58. The van der Waals surface area contributed by atoms with E-state index in [1.165, 1.54) is 0 Å². The summed E-state index contributed by atoms with van der Waals surface area (Å²) < 4.78 is 0. The summed E-state index contributed by atoms with van der Waals surface area (Å²) in [5.41, 5.74) is 6.62. The van der Waals surface area contributed by atoms with Gasteiger partial charge in [0.25, 0.3) is 5.91 Å². The number of rotatable bonds is 5. The molecule has 19 heavy (non-hydrogen) atoms. The summed E-state index contributed by atoms with van der Waals surface area (Å²) in [7, 11) is 0. The van der Waals surface area contributed by atoms with Crippen molar-refractivity contribution in [2.45, 2.75) is 31.8 Å². The molecule has 0 radical (unpaired) electrons. The lowest BCUT2D eigenvalue weighted by Crippen LogP contribution is -2.63. The monoisotopic (exact) mass is 262 g/mol. The molecule has 1 saturated heterocycles. The Labute approximate surface area is 114 Å². The van der Waals surface area contributed by atoms with Crippen molar-refractivity contribution in [2.24, 2.45) is 5.73 Å². The van der Waals surface area contributed by atoms with Crippen molar-refractivity contribution in [2.75, 3.05) is 19.6 Å².